The minimum absolute atomic E-state index is 0.113. The highest BCUT2D eigenvalue weighted by atomic mass is 16.2. The number of urea groups is 1. The minimum Gasteiger partial charge on any atom is -0.341 e. The van der Waals surface area contributed by atoms with E-state index in [2.05, 4.69) is 34.4 Å². The van der Waals surface area contributed by atoms with E-state index in [1.54, 1.807) is 7.05 Å². The fourth-order valence-electron chi connectivity index (χ4n) is 2.36. The third kappa shape index (κ3) is 4.50. The third-order valence-corrected chi connectivity index (χ3v) is 3.13. The van der Waals surface area contributed by atoms with Crippen LogP contribution in [-0.2, 0) is 5.41 Å². The molecule has 106 valence electrons. The monoisotopic (exact) mass is 264 g/mol. The molecule has 0 atom stereocenters. The molecule has 0 aromatic carbocycles. The van der Waals surface area contributed by atoms with Gasteiger partial charge in [-0.05, 0) is 38.2 Å². The van der Waals surface area contributed by atoms with Crippen LogP contribution in [0.1, 0.15) is 45.5 Å². The van der Waals surface area contributed by atoms with Crippen LogP contribution < -0.4 is 10.6 Å². The number of nitrogens with zero attached hydrogens (tertiary/aromatic N) is 2. The first-order chi connectivity index (χ1) is 8.66. The summed E-state index contributed by atoms with van der Waals surface area (Å²) in [5.74, 6) is 0.766. The van der Waals surface area contributed by atoms with E-state index in [4.69, 9.17) is 0 Å². The van der Waals surface area contributed by atoms with Gasteiger partial charge < -0.3 is 10.6 Å². The average molecular weight is 264 g/mol. The molecule has 0 spiro atoms. The van der Waals surface area contributed by atoms with Gasteiger partial charge in [-0.15, -0.1) is 0 Å². The van der Waals surface area contributed by atoms with Crippen molar-refractivity contribution in [2.75, 3.05) is 7.05 Å². The molecule has 2 amide bonds. The summed E-state index contributed by atoms with van der Waals surface area (Å²) in [7, 11) is 1.62. The van der Waals surface area contributed by atoms with Crippen molar-refractivity contribution in [1.29, 1.82) is 0 Å². The summed E-state index contributed by atoms with van der Waals surface area (Å²) in [5, 5.41) is 5.53. The smallest absolute Gasteiger partial charge is 0.314 e. The molecule has 0 saturated carbocycles. The Morgan fingerprint density at radius 2 is 1.74 bits per heavy atom. The summed E-state index contributed by atoms with van der Waals surface area (Å²) in [4.78, 5) is 19.9. The van der Waals surface area contributed by atoms with Gasteiger partial charge in [-0.1, -0.05) is 13.8 Å². The SMILES string of the molecule is CNC(=O)NC(C)(C)CC(C)(C)c1cnc(C)nc1. The second kappa shape index (κ2) is 5.55. The molecule has 2 N–H and O–H groups in total. The van der Waals surface area contributed by atoms with E-state index < -0.39 is 0 Å². The maximum absolute atomic E-state index is 11.4. The molecule has 0 aliphatic heterocycles. The zero-order chi connectivity index (χ0) is 14.7. The summed E-state index contributed by atoms with van der Waals surface area (Å²) in [6.45, 7) is 10.2. The van der Waals surface area contributed by atoms with Crippen LogP contribution in [0.3, 0.4) is 0 Å². The van der Waals surface area contributed by atoms with Crippen molar-refractivity contribution in [3.8, 4) is 0 Å². The van der Waals surface area contributed by atoms with Crippen LogP contribution in [0.2, 0.25) is 0 Å². The lowest BCUT2D eigenvalue weighted by Gasteiger charge is -2.35. The molecule has 0 aliphatic rings. The zero-order valence-electron chi connectivity index (χ0n) is 12.7. The highest BCUT2D eigenvalue weighted by Crippen LogP contribution is 2.31. The number of amides is 2. The standard InChI is InChI=1S/C14H24N4O/c1-10-16-7-11(8-17-10)13(2,3)9-14(4,5)18-12(19)15-6/h7-8H,9H2,1-6H3,(H2,15,18,19). The minimum atomic E-state index is -0.311. The maximum atomic E-state index is 11.4. The number of aryl methyl sites for hydroxylation is 1. The summed E-state index contributed by atoms with van der Waals surface area (Å²) in [5.41, 5.74) is 0.650. The van der Waals surface area contributed by atoms with E-state index in [0.717, 1.165) is 17.8 Å². The highest BCUT2D eigenvalue weighted by molar-refractivity contribution is 5.74. The number of hydrogen-bond acceptors (Lipinski definition) is 3. The number of carbonyl (C=O) groups excluding carboxylic acids is 1. The van der Waals surface area contributed by atoms with Gasteiger partial charge in [-0.2, -0.15) is 0 Å². The molecule has 19 heavy (non-hydrogen) atoms. The molecule has 1 rings (SSSR count). The predicted octanol–water partition coefficient (Wildman–Crippen LogP) is 2.16. The second-order valence-corrected chi connectivity index (χ2v) is 6.17. The zero-order valence-corrected chi connectivity index (χ0v) is 12.7. The van der Waals surface area contributed by atoms with Gasteiger partial charge in [-0.3, -0.25) is 0 Å². The first-order valence-electron chi connectivity index (χ1n) is 6.45. The van der Waals surface area contributed by atoms with Gasteiger partial charge in [0.25, 0.3) is 0 Å². The number of nitrogens with one attached hydrogen (secondary N) is 2. The number of carbonyl (C=O) groups is 1. The summed E-state index contributed by atoms with van der Waals surface area (Å²) in [6.07, 6.45) is 4.51. The van der Waals surface area contributed by atoms with Gasteiger partial charge in [0.15, 0.2) is 0 Å². The van der Waals surface area contributed by atoms with Gasteiger partial charge in [0, 0.05) is 25.0 Å². The largest absolute Gasteiger partial charge is 0.341 e. The van der Waals surface area contributed by atoms with E-state index in [1.165, 1.54) is 0 Å². The van der Waals surface area contributed by atoms with Crippen molar-refractivity contribution in [1.82, 2.24) is 20.6 Å². The molecule has 0 radical (unpaired) electrons. The molecule has 0 bridgehead atoms. The predicted molar refractivity (Wildman–Crippen MR) is 76.1 cm³/mol. The Balaban J connectivity index is 2.83. The molecule has 1 aromatic heterocycles. The molecule has 0 saturated heterocycles. The Kier molecular flexibility index (Phi) is 4.50. The Bertz CT molecular complexity index is 437. The normalized spacial score (nSPS) is 12.1. The molecular formula is C14H24N4O. The molecule has 1 aromatic rings. The first kappa shape index (κ1) is 15.4. The van der Waals surface area contributed by atoms with Crippen LogP contribution in [0.5, 0.6) is 0 Å². The first-order valence-corrected chi connectivity index (χ1v) is 6.45. The van der Waals surface area contributed by atoms with Gasteiger partial charge in [0.2, 0.25) is 0 Å². The molecule has 1 heterocycles. The summed E-state index contributed by atoms with van der Waals surface area (Å²) in [6, 6.07) is -0.166. The average Bonchev–Trinajstić information content (AvgIpc) is 2.27. The Morgan fingerprint density at radius 3 is 2.21 bits per heavy atom. The number of hydrogen-bond donors (Lipinski definition) is 2. The van der Waals surface area contributed by atoms with Crippen LogP contribution >= 0.6 is 0 Å². The number of aromatic nitrogens is 2. The van der Waals surface area contributed by atoms with Gasteiger partial charge in [0.05, 0.1) is 0 Å². The topological polar surface area (TPSA) is 66.9 Å². The van der Waals surface area contributed by atoms with E-state index in [9.17, 15) is 4.79 Å². The lowest BCUT2D eigenvalue weighted by molar-refractivity contribution is 0.222. The molecule has 0 aliphatic carbocycles. The lowest BCUT2D eigenvalue weighted by atomic mass is 9.76. The van der Waals surface area contributed by atoms with E-state index >= 15 is 0 Å². The van der Waals surface area contributed by atoms with Crippen LogP contribution in [0, 0.1) is 6.92 Å². The third-order valence-electron chi connectivity index (χ3n) is 3.13. The number of rotatable bonds is 4. The Hall–Kier alpha value is -1.65. The molecule has 0 unspecified atom stereocenters. The lowest BCUT2D eigenvalue weighted by Crippen LogP contribution is -2.50. The summed E-state index contributed by atoms with van der Waals surface area (Å²) < 4.78 is 0. The molecule has 0 fully saturated rings. The van der Waals surface area contributed by atoms with Crippen LogP contribution in [0.15, 0.2) is 12.4 Å². The molecular weight excluding hydrogens is 240 g/mol. The van der Waals surface area contributed by atoms with Crippen molar-refractivity contribution in [3.05, 3.63) is 23.8 Å². The van der Waals surface area contributed by atoms with Gasteiger partial charge >= 0.3 is 6.03 Å². The highest BCUT2D eigenvalue weighted by Gasteiger charge is 2.31. The van der Waals surface area contributed by atoms with Crippen molar-refractivity contribution in [3.63, 3.8) is 0 Å². The van der Waals surface area contributed by atoms with Crippen molar-refractivity contribution < 1.29 is 4.79 Å². The molecule has 5 nitrogen and oxygen atoms in total. The van der Waals surface area contributed by atoms with E-state index in [1.807, 2.05) is 33.2 Å². The van der Waals surface area contributed by atoms with Gasteiger partial charge in [0.1, 0.15) is 5.82 Å². The Labute approximate surface area is 115 Å². The summed E-state index contributed by atoms with van der Waals surface area (Å²) >= 11 is 0. The van der Waals surface area contributed by atoms with Crippen LogP contribution in [0.25, 0.3) is 0 Å². The molecule has 5 heteroatoms. The second-order valence-electron chi connectivity index (χ2n) is 6.17. The fraction of sp³-hybridized carbons (Fsp3) is 0.643. The fourth-order valence-corrected chi connectivity index (χ4v) is 2.36. The van der Waals surface area contributed by atoms with Crippen molar-refractivity contribution in [2.24, 2.45) is 0 Å². The van der Waals surface area contributed by atoms with Crippen LogP contribution in [0.4, 0.5) is 4.79 Å². The quantitative estimate of drug-likeness (QED) is 0.875. The van der Waals surface area contributed by atoms with Crippen molar-refractivity contribution in [2.45, 2.75) is 52.0 Å². The van der Waals surface area contributed by atoms with Crippen LogP contribution in [-0.4, -0.2) is 28.6 Å². The van der Waals surface area contributed by atoms with E-state index in [0.29, 0.717) is 0 Å². The van der Waals surface area contributed by atoms with E-state index in [-0.39, 0.29) is 17.0 Å². The Morgan fingerprint density at radius 1 is 1.21 bits per heavy atom. The van der Waals surface area contributed by atoms with Gasteiger partial charge in [-0.25, -0.2) is 14.8 Å². The maximum Gasteiger partial charge on any atom is 0.314 e. The van der Waals surface area contributed by atoms with Crippen molar-refractivity contribution >= 4 is 6.03 Å².